The van der Waals surface area contributed by atoms with Gasteiger partial charge in [-0.3, -0.25) is 28.5 Å². The van der Waals surface area contributed by atoms with E-state index in [-0.39, 0.29) is 71.0 Å². The van der Waals surface area contributed by atoms with Gasteiger partial charge in [-0.05, 0) is 125 Å². The summed E-state index contributed by atoms with van der Waals surface area (Å²) in [6, 6.07) is 20.8. The average molecular weight is 998 g/mol. The number of carbonyl (C=O) groups excluding carboxylic acids is 4. The number of carbonyl (C=O) groups is 4. The van der Waals surface area contributed by atoms with E-state index in [1.165, 1.54) is 36.8 Å². The van der Waals surface area contributed by atoms with Crippen molar-refractivity contribution in [2.45, 2.75) is 132 Å². The van der Waals surface area contributed by atoms with Gasteiger partial charge in [-0.25, -0.2) is 9.48 Å². The summed E-state index contributed by atoms with van der Waals surface area (Å²) >= 11 is 1.12. The minimum absolute atomic E-state index is 0.0275. The van der Waals surface area contributed by atoms with Gasteiger partial charge in [0, 0.05) is 41.3 Å². The van der Waals surface area contributed by atoms with Crippen molar-refractivity contribution < 1.29 is 55.3 Å². The summed E-state index contributed by atoms with van der Waals surface area (Å²) in [5, 5.41) is 6.02. The topological polar surface area (TPSA) is 147 Å². The molecule has 19 heteroatoms. The van der Waals surface area contributed by atoms with Crippen molar-refractivity contribution >= 4 is 52.6 Å². The Hall–Kier alpha value is -4.87. The summed E-state index contributed by atoms with van der Waals surface area (Å²) in [6.07, 6.45) is 0.766. The molecule has 69 heavy (non-hydrogen) atoms. The molecule has 0 bridgehead atoms. The Morgan fingerprint density at radius 3 is 2.39 bits per heavy atom. The van der Waals surface area contributed by atoms with Crippen LogP contribution in [0.5, 0.6) is 5.75 Å². The summed E-state index contributed by atoms with van der Waals surface area (Å²) < 4.78 is 85.1. The minimum Gasteiger partial charge on any atom is -0.465 e. The smallest absolute Gasteiger partial charge is 0.465 e. The molecule has 1 saturated carbocycles. The lowest BCUT2D eigenvalue weighted by Gasteiger charge is -2.41. The highest BCUT2D eigenvalue weighted by Gasteiger charge is 2.58. The van der Waals surface area contributed by atoms with E-state index in [1.807, 2.05) is 42.0 Å². The molecular weight excluding hydrogens is 938 g/mol. The molecule has 4 fully saturated rings. The molecular formula is C50H60F4N5O8PS. The molecule has 4 aromatic rings. The number of halogens is 4. The fourth-order valence-corrected chi connectivity index (χ4v) is 13.2. The number of thiophene rings is 1. The van der Waals surface area contributed by atoms with Gasteiger partial charge >= 0.3 is 19.9 Å². The number of likely N-dealkylation sites (tertiary alicyclic amines) is 1. The summed E-state index contributed by atoms with van der Waals surface area (Å²) in [5.41, 5.74) is 0.898. The second-order valence-corrected chi connectivity index (χ2v) is 22.0. The number of nitrogens with zero attached hydrogens (tertiary/aromatic N) is 3. The molecule has 1 spiro atoms. The van der Waals surface area contributed by atoms with E-state index in [1.54, 1.807) is 35.2 Å². The van der Waals surface area contributed by atoms with E-state index >= 15 is 4.39 Å². The van der Waals surface area contributed by atoms with Gasteiger partial charge < -0.3 is 29.3 Å². The standard InChI is InChI=1S/C50H60F4N5O8PS/c1-4-25-65-48(63)32(2)56-68(64,67-39-14-9-6-10-15-39)44(51)34-16-21-42-35(27-34)28-43(69-42)45(60)55-40-19-17-37(57(3)24-11-26-66-50(52,53)54)29-38-18-20-41(59(38)46(40)61)47(62)58-31-36(30-49(58)22-23-49)33-12-7-5-8-13-33/h5-10,12-16,21,27-28,32,36-38,40-41,44H,4,11,17-20,22-26,29-31H2,1-3H3,(H,55,60)(H,56,64)/t32-,36+,37-,38+,40-,41-,44+,68+/m0/s1. The SMILES string of the molecule is CCCOC(=O)[C@H](C)N[P@](=O)(Oc1ccccc1)[C@@H](F)c1ccc2sc(C(=O)N[C@H]3CC[C@H](N(C)CCCOC(F)(F)F)C[C@H]4CC[C@@H](C(=O)N5C[C@H](c6ccccc6)CC56CC6)N4C3=O)cc2c1. The molecule has 13 nitrogen and oxygen atoms in total. The fraction of sp³-hybridized carbons (Fsp3) is 0.520. The monoisotopic (exact) mass is 997 g/mol. The van der Waals surface area contributed by atoms with Crippen molar-refractivity contribution in [2.24, 2.45) is 0 Å². The van der Waals surface area contributed by atoms with E-state index in [0.717, 1.165) is 30.6 Å². The highest BCUT2D eigenvalue weighted by molar-refractivity contribution is 7.57. The molecule has 1 aromatic heterocycles. The van der Waals surface area contributed by atoms with Crippen molar-refractivity contribution in [2.75, 3.05) is 33.4 Å². The van der Waals surface area contributed by atoms with Crippen LogP contribution in [-0.2, 0) is 28.4 Å². The van der Waals surface area contributed by atoms with Gasteiger partial charge in [-0.15, -0.1) is 24.5 Å². The number of hydrogen-bond acceptors (Lipinski definition) is 10. The van der Waals surface area contributed by atoms with E-state index in [2.05, 4.69) is 27.3 Å². The molecule has 4 heterocycles. The molecule has 1 aliphatic carbocycles. The number of fused-ring (bicyclic) bond motifs is 2. The molecule has 8 rings (SSSR count). The number of nitrogens with one attached hydrogen (secondary N) is 2. The predicted octanol–water partition coefficient (Wildman–Crippen LogP) is 9.49. The molecule has 2 N–H and O–H groups in total. The third-order valence-electron chi connectivity index (χ3n) is 14.0. The van der Waals surface area contributed by atoms with Crippen molar-refractivity contribution in [3.63, 3.8) is 0 Å². The number of hydrogen-bond donors (Lipinski definition) is 2. The molecule has 372 valence electrons. The van der Waals surface area contributed by atoms with Crippen molar-refractivity contribution in [3.05, 3.63) is 101 Å². The second-order valence-electron chi connectivity index (χ2n) is 18.9. The average Bonchev–Trinajstić information content (AvgIpc) is 3.60. The number of para-hydroxylation sites is 1. The third-order valence-corrected chi connectivity index (χ3v) is 17.2. The number of ether oxygens (including phenoxy) is 2. The van der Waals surface area contributed by atoms with Crippen LogP contribution >= 0.6 is 18.9 Å². The van der Waals surface area contributed by atoms with Crippen LogP contribution < -0.4 is 14.9 Å². The summed E-state index contributed by atoms with van der Waals surface area (Å²) in [4.78, 5) is 62.6. The second kappa shape index (κ2) is 21.2. The van der Waals surface area contributed by atoms with Gasteiger partial charge in [-0.2, -0.15) is 0 Å². The summed E-state index contributed by atoms with van der Waals surface area (Å²) in [5.74, 6) is -3.68. The lowest BCUT2D eigenvalue weighted by Crippen LogP contribution is -2.59. The Balaban J connectivity index is 1.02. The van der Waals surface area contributed by atoms with Crippen LogP contribution in [0.1, 0.15) is 111 Å². The van der Waals surface area contributed by atoms with Gasteiger partial charge in [0.05, 0.1) is 18.1 Å². The molecule has 3 amide bonds. The largest absolute Gasteiger partial charge is 0.522 e. The Bertz CT molecular complexity index is 2510. The maximum Gasteiger partial charge on any atom is 0.522 e. The lowest BCUT2D eigenvalue weighted by atomic mass is 9.93. The van der Waals surface area contributed by atoms with Crippen LogP contribution in [0.3, 0.4) is 0 Å². The fourth-order valence-electron chi connectivity index (χ4n) is 10.3. The zero-order valence-corrected chi connectivity index (χ0v) is 40.7. The summed E-state index contributed by atoms with van der Waals surface area (Å²) in [7, 11) is -2.69. The van der Waals surface area contributed by atoms with Gasteiger partial charge in [0.1, 0.15) is 23.9 Å². The van der Waals surface area contributed by atoms with Crippen LogP contribution in [0.2, 0.25) is 0 Å². The number of amides is 3. The molecule has 3 aromatic carbocycles. The van der Waals surface area contributed by atoms with Crippen LogP contribution in [0.25, 0.3) is 10.1 Å². The van der Waals surface area contributed by atoms with Gasteiger partial charge in [-0.1, -0.05) is 61.5 Å². The minimum atomic E-state index is -4.73. The quantitative estimate of drug-likeness (QED) is 0.0428. The first kappa shape index (κ1) is 50.5. The zero-order valence-electron chi connectivity index (χ0n) is 39.0. The molecule has 3 aliphatic heterocycles. The van der Waals surface area contributed by atoms with Gasteiger partial charge in [0.25, 0.3) is 5.91 Å². The number of benzene rings is 3. The molecule has 3 saturated heterocycles. The summed E-state index contributed by atoms with van der Waals surface area (Å²) in [6.45, 7) is 3.72. The zero-order chi connectivity index (χ0) is 49.1. The maximum atomic E-state index is 16.7. The van der Waals surface area contributed by atoms with Crippen LogP contribution in [0.15, 0.2) is 84.9 Å². The Morgan fingerprint density at radius 1 is 0.971 bits per heavy atom. The number of rotatable bonds is 18. The molecule has 8 atom stereocenters. The van der Waals surface area contributed by atoms with E-state index in [9.17, 15) is 36.9 Å². The highest BCUT2D eigenvalue weighted by Crippen LogP contribution is 2.58. The normalized spacial score (nSPS) is 24.1. The molecule has 4 aliphatic rings. The Morgan fingerprint density at radius 2 is 1.70 bits per heavy atom. The Labute approximate surface area is 403 Å². The first-order valence-electron chi connectivity index (χ1n) is 23.8. The highest BCUT2D eigenvalue weighted by atomic mass is 32.1. The van der Waals surface area contributed by atoms with Crippen molar-refractivity contribution in [1.29, 1.82) is 0 Å². The van der Waals surface area contributed by atoms with Gasteiger partial charge in [0.2, 0.25) is 17.7 Å². The third kappa shape index (κ3) is 11.7. The van der Waals surface area contributed by atoms with Crippen LogP contribution in [0.4, 0.5) is 17.6 Å². The Kier molecular flexibility index (Phi) is 15.5. The number of esters is 1. The van der Waals surface area contributed by atoms with Crippen molar-refractivity contribution in [3.8, 4) is 5.75 Å². The van der Waals surface area contributed by atoms with Gasteiger partial charge in [0.15, 0.2) is 0 Å². The molecule has 0 unspecified atom stereocenters. The number of alkyl halides is 4. The maximum absolute atomic E-state index is 16.7. The lowest BCUT2D eigenvalue weighted by molar-refractivity contribution is -0.324. The van der Waals surface area contributed by atoms with E-state index in [0.29, 0.717) is 55.3 Å². The van der Waals surface area contributed by atoms with Crippen molar-refractivity contribution in [1.82, 2.24) is 25.1 Å². The van der Waals surface area contributed by atoms with Crippen LogP contribution in [-0.4, -0.2) is 114 Å². The molecule has 0 radical (unpaired) electrons. The predicted molar refractivity (Wildman–Crippen MR) is 253 cm³/mol. The first-order chi connectivity index (χ1) is 33.0. The van der Waals surface area contributed by atoms with E-state index in [4.69, 9.17) is 9.26 Å². The first-order valence-corrected chi connectivity index (χ1v) is 26.4. The van der Waals surface area contributed by atoms with Crippen LogP contribution in [0, 0.1) is 0 Å². The van der Waals surface area contributed by atoms with E-state index < -0.39 is 56.4 Å².